The Morgan fingerprint density at radius 3 is 2.55 bits per heavy atom. The molecule has 2 nitrogen and oxygen atoms in total. The molecule has 1 aliphatic heterocycles. The molecule has 5 rings (SSSR count). The van der Waals surface area contributed by atoms with Gasteiger partial charge in [-0.2, -0.15) is 0 Å². The summed E-state index contributed by atoms with van der Waals surface area (Å²) in [6, 6.07) is 0.516. The third-order valence-corrected chi connectivity index (χ3v) is 7.72. The molecular formula is C18H30N2. The predicted molar refractivity (Wildman–Crippen MR) is 81.2 cm³/mol. The molecule has 1 heterocycles. The summed E-state index contributed by atoms with van der Waals surface area (Å²) >= 11 is 0. The van der Waals surface area contributed by atoms with E-state index in [1.165, 1.54) is 38.9 Å². The van der Waals surface area contributed by atoms with E-state index in [1.807, 2.05) is 0 Å². The molecule has 0 amide bonds. The molecule has 4 aliphatic carbocycles. The maximum absolute atomic E-state index is 6.14. The van der Waals surface area contributed by atoms with Crippen molar-refractivity contribution in [1.82, 2.24) is 4.90 Å². The number of nitrogens with two attached hydrogens (primary N) is 1. The van der Waals surface area contributed by atoms with E-state index in [2.05, 4.69) is 11.8 Å². The lowest BCUT2D eigenvalue weighted by Crippen LogP contribution is -2.40. The van der Waals surface area contributed by atoms with Gasteiger partial charge in [-0.05, 0) is 79.4 Å². The van der Waals surface area contributed by atoms with Gasteiger partial charge in [-0.15, -0.1) is 0 Å². The van der Waals surface area contributed by atoms with Gasteiger partial charge in [-0.1, -0.05) is 6.92 Å². The van der Waals surface area contributed by atoms with E-state index in [4.69, 9.17) is 5.73 Å². The Hall–Kier alpha value is -0.0800. The van der Waals surface area contributed by atoms with Crippen LogP contribution in [0.4, 0.5) is 0 Å². The van der Waals surface area contributed by atoms with Crippen LogP contribution in [-0.4, -0.2) is 30.6 Å². The van der Waals surface area contributed by atoms with E-state index < -0.39 is 0 Å². The number of hydrogen-bond donors (Lipinski definition) is 1. The average Bonchev–Trinajstić information content (AvgIpc) is 2.64. The quantitative estimate of drug-likeness (QED) is 0.839. The highest BCUT2D eigenvalue weighted by molar-refractivity contribution is 5.18. The smallest absolute Gasteiger partial charge is 0.00452 e. The van der Waals surface area contributed by atoms with E-state index in [0.29, 0.717) is 6.04 Å². The number of rotatable bonds is 2. The fourth-order valence-corrected chi connectivity index (χ4v) is 7.49. The first-order valence-corrected chi connectivity index (χ1v) is 9.04. The molecule has 4 unspecified atom stereocenters. The maximum atomic E-state index is 6.14. The van der Waals surface area contributed by atoms with E-state index in [9.17, 15) is 0 Å². The molecule has 0 radical (unpaired) electrons. The van der Waals surface area contributed by atoms with Crippen molar-refractivity contribution in [1.29, 1.82) is 0 Å². The molecule has 7 atom stereocenters. The first-order chi connectivity index (χ1) is 9.56. The zero-order valence-corrected chi connectivity index (χ0v) is 13.0. The van der Waals surface area contributed by atoms with Crippen molar-refractivity contribution in [3.05, 3.63) is 0 Å². The van der Waals surface area contributed by atoms with Gasteiger partial charge >= 0.3 is 0 Å². The summed E-state index contributed by atoms with van der Waals surface area (Å²) in [6.45, 7) is 6.68. The SMILES string of the molecule is CC1CC2(CN3C[C@H]4C[C@H](N)C[C@H]4C3)CC3CC3(C1)C2. The highest BCUT2D eigenvalue weighted by Gasteiger charge is 2.67. The highest BCUT2D eigenvalue weighted by Crippen LogP contribution is 2.76. The summed E-state index contributed by atoms with van der Waals surface area (Å²) in [4.78, 5) is 2.84. The lowest BCUT2D eigenvalue weighted by Gasteiger charge is -2.42. The van der Waals surface area contributed by atoms with E-state index in [-0.39, 0.29) is 0 Å². The largest absolute Gasteiger partial charge is 0.328 e. The third-order valence-electron chi connectivity index (χ3n) is 7.72. The maximum Gasteiger partial charge on any atom is 0.00452 e. The molecule has 0 aromatic carbocycles. The Bertz CT molecular complexity index is 417. The summed E-state index contributed by atoms with van der Waals surface area (Å²) < 4.78 is 0. The lowest BCUT2D eigenvalue weighted by atomic mass is 9.67. The van der Waals surface area contributed by atoms with Crippen LogP contribution in [0.2, 0.25) is 0 Å². The summed E-state index contributed by atoms with van der Waals surface area (Å²) in [5.41, 5.74) is 7.70. The zero-order chi connectivity index (χ0) is 13.5. The van der Waals surface area contributed by atoms with Gasteiger partial charge in [0.05, 0.1) is 0 Å². The second-order valence-corrected chi connectivity index (χ2v) is 9.60. The summed E-state index contributed by atoms with van der Waals surface area (Å²) in [5.74, 6) is 3.99. The Balaban J connectivity index is 1.29. The number of fused-ring (bicyclic) bond motifs is 2. The van der Waals surface area contributed by atoms with E-state index >= 15 is 0 Å². The van der Waals surface area contributed by atoms with Crippen molar-refractivity contribution in [3.63, 3.8) is 0 Å². The van der Waals surface area contributed by atoms with Gasteiger partial charge in [0.15, 0.2) is 0 Å². The van der Waals surface area contributed by atoms with Crippen molar-refractivity contribution in [3.8, 4) is 0 Å². The lowest BCUT2D eigenvalue weighted by molar-refractivity contribution is 0.0768. The summed E-state index contributed by atoms with van der Waals surface area (Å²) in [7, 11) is 0. The van der Waals surface area contributed by atoms with Crippen LogP contribution in [0.1, 0.15) is 51.9 Å². The van der Waals surface area contributed by atoms with Crippen molar-refractivity contribution in [2.24, 2.45) is 40.2 Å². The van der Waals surface area contributed by atoms with E-state index in [0.717, 1.165) is 34.5 Å². The molecule has 5 fully saturated rings. The van der Waals surface area contributed by atoms with Gasteiger partial charge < -0.3 is 10.6 Å². The highest BCUT2D eigenvalue weighted by atomic mass is 15.2. The Kier molecular flexibility index (Phi) is 2.38. The molecule has 20 heavy (non-hydrogen) atoms. The second kappa shape index (κ2) is 3.81. The Morgan fingerprint density at radius 1 is 1.05 bits per heavy atom. The summed E-state index contributed by atoms with van der Waals surface area (Å²) in [5, 5.41) is 0. The van der Waals surface area contributed by atoms with Gasteiger partial charge in [0, 0.05) is 25.7 Å². The first-order valence-electron chi connectivity index (χ1n) is 9.04. The molecule has 2 N–H and O–H groups in total. The van der Waals surface area contributed by atoms with Crippen LogP contribution in [0.5, 0.6) is 0 Å². The first kappa shape index (κ1) is 12.5. The van der Waals surface area contributed by atoms with Crippen molar-refractivity contribution in [2.75, 3.05) is 19.6 Å². The third kappa shape index (κ3) is 1.70. The second-order valence-electron chi connectivity index (χ2n) is 9.60. The Morgan fingerprint density at radius 2 is 1.80 bits per heavy atom. The van der Waals surface area contributed by atoms with E-state index in [1.54, 1.807) is 25.7 Å². The van der Waals surface area contributed by atoms with Crippen molar-refractivity contribution >= 4 is 0 Å². The van der Waals surface area contributed by atoms with Gasteiger partial charge in [0.1, 0.15) is 0 Å². The standard InChI is InChI=1S/C18H30N2/c1-12-4-17(6-15-7-18(15,5-12)10-17)11-20-8-13-2-16(19)3-14(13)9-20/h12-16H,2-11,19H2,1H3/t12?,13-,14+,15?,16+,17?,18?. The van der Waals surface area contributed by atoms with Crippen LogP contribution < -0.4 is 5.73 Å². The minimum atomic E-state index is 0.516. The van der Waals surface area contributed by atoms with Gasteiger partial charge in [-0.3, -0.25) is 0 Å². The van der Waals surface area contributed by atoms with Crippen LogP contribution >= 0.6 is 0 Å². The van der Waals surface area contributed by atoms with Gasteiger partial charge in [-0.25, -0.2) is 0 Å². The minimum Gasteiger partial charge on any atom is -0.328 e. The van der Waals surface area contributed by atoms with Crippen LogP contribution in [-0.2, 0) is 0 Å². The topological polar surface area (TPSA) is 29.3 Å². The fourth-order valence-electron chi connectivity index (χ4n) is 7.49. The van der Waals surface area contributed by atoms with Crippen molar-refractivity contribution in [2.45, 2.75) is 57.9 Å². The predicted octanol–water partition coefficient (Wildman–Crippen LogP) is 2.87. The molecule has 1 spiro atoms. The van der Waals surface area contributed by atoms with Crippen LogP contribution in [0, 0.1) is 34.5 Å². The molecule has 5 aliphatic rings. The Labute approximate surface area is 123 Å². The number of likely N-dealkylation sites (tertiary alicyclic amines) is 1. The molecule has 112 valence electrons. The van der Waals surface area contributed by atoms with Crippen LogP contribution in [0.15, 0.2) is 0 Å². The number of hydrogen-bond acceptors (Lipinski definition) is 2. The zero-order valence-electron chi connectivity index (χ0n) is 13.0. The summed E-state index contributed by atoms with van der Waals surface area (Å²) in [6.07, 6.45) is 10.4. The monoisotopic (exact) mass is 274 g/mol. The minimum absolute atomic E-state index is 0.516. The van der Waals surface area contributed by atoms with Crippen LogP contribution in [0.25, 0.3) is 0 Å². The molecule has 0 aromatic rings. The van der Waals surface area contributed by atoms with Gasteiger partial charge in [0.2, 0.25) is 0 Å². The average molecular weight is 274 g/mol. The van der Waals surface area contributed by atoms with Crippen LogP contribution in [0.3, 0.4) is 0 Å². The molecule has 2 bridgehead atoms. The fraction of sp³-hybridized carbons (Fsp3) is 1.00. The molecule has 4 saturated carbocycles. The molecule has 1 saturated heterocycles. The molecule has 0 aromatic heterocycles. The van der Waals surface area contributed by atoms with Gasteiger partial charge in [0.25, 0.3) is 0 Å². The van der Waals surface area contributed by atoms with Crippen molar-refractivity contribution < 1.29 is 0 Å². The molecule has 2 heteroatoms. The molecular weight excluding hydrogens is 244 g/mol. The number of nitrogens with zero attached hydrogens (tertiary/aromatic N) is 1. The normalized spacial score (nSPS) is 60.6.